The van der Waals surface area contributed by atoms with E-state index in [4.69, 9.17) is 11.6 Å². The van der Waals surface area contributed by atoms with E-state index in [0.717, 1.165) is 11.3 Å². The summed E-state index contributed by atoms with van der Waals surface area (Å²) in [5.41, 5.74) is 0.601. The van der Waals surface area contributed by atoms with Gasteiger partial charge in [-0.15, -0.1) is 10.2 Å². The molecule has 0 saturated carbocycles. The highest BCUT2D eigenvalue weighted by Crippen LogP contribution is 2.65. The fourth-order valence-electron chi connectivity index (χ4n) is 3.87. The molecule has 2 rings (SSSR count). The van der Waals surface area contributed by atoms with Gasteiger partial charge in [-0.25, -0.2) is 4.98 Å². The number of azo groups is 1. The molecule has 0 aliphatic carbocycles. The van der Waals surface area contributed by atoms with Crippen molar-refractivity contribution in [3.05, 3.63) is 34.3 Å². The molecule has 0 aliphatic heterocycles. The number of halogens is 20. The van der Waals surface area contributed by atoms with Crippen molar-refractivity contribution in [1.29, 1.82) is 0 Å². The molecule has 1 heterocycles. The number of rotatable bonds is 18. The minimum absolute atomic E-state index is 0.0304. The standard InChI is InChI=1S/C26H18ClF19N4O3S/c1-2-50(13-5-3-12(4-6-13)48-49-17-47-16(27)14(11-51)54-17)9-10-53-15(52)7-8-18(28,29)19(30,31)20(32,33)21(34,35)22(36,37)23(38,39)24(40,41)25(42,43)26(44,45)46/h3-6,11H,2,7-10H2,1H3. The Kier molecular flexibility index (Phi) is 13.3. The number of carbonyl (C=O) groups is 2. The van der Waals surface area contributed by atoms with Crippen LogP contribution in [0.15, 0.2) is 34.5 Å². The smallest absolute Gasteiger partial charge is 0.460 e. The second-order valence-corrected chi connectivity index (χ2v) is 11.9. The molecule has 0 bridgehead atoms. The fourth-order valence-corrected chi connectivity index (χ4v) is 4.75. The number of carbonyl (C=O) groups excluding carboxylic acids is 2. The maximum atomic E-state index is 14.1. The Labute approximate surface area is 297 Å². The minimum Gasteiger partial charge on any atom is -0.464 e. The number of thiazole rings is 1. The quantitative estimate of drug-likeness (QED) is 0.0645. The number of ether oxygens (including phenoxy) is 1. The highest BCUT2D eigenvalue weighted by Gasteiger charge is 2.96. The van der Waals surface area contributed by atoms with Crippen LogP contribution in [0.4, 0.5) is 99.9 Å². The summed E-state index contributed by atoms with van der Waals surface area (Å²) < 4.78 is 260. The Morgan fingerprint density at radius 2 is 1.22 bits per heavy atom. The molecule has 1 aromatic heterocycles. The van der Waals surface area contributed by atoms with Crippen molar-refractivity contribution in [2.24, 2.45) is 10.2 Å². The first-order valence-electron chi connectivity index (χ1n) is 13.8. The first kappa shape index (κ1) is 46.5. The van der Waals surface area contributed by atoms with E-state index in [9.17, 15) is 93.0 Å². The van der Waals surface area contributed by atoms with E-state index >= 15 is 0 Å². The molecular formula is C26H18ClF19N4O3S. The highest BCUT2D eigenvalue weighted by atomic mass is 35.5. The molecule has 0 saturated heterocycles. The fraction of sp³-hybridized carbons (Fsp3) is 0.577. The van der Waals surface area contributed by atoms with E-state index in [1.807, 2.05) is 0 Å². The van der Waals surface area contributed by atoms with E-state index < -0.39 is 79.0 Å². The van der Waals surface area contributed by atoms with Gasteiger partial charge in [-0.3, -0.25) is 9.59 Å². The number of alkyl halides is 19. The Bertz CT molecular complexity index is 1670. The molecule has 1 aromatic carbocycles. The second kappa shape index (κ2) is 15.5. The van der Waals surface area contributed by atoms with E-state index in [-0.39, 0.29) is 33.9 Å². The molecule has 2 aromatic rings. The summed E-state index contributed by atoms with van der Waals surface area (Å²) in [6.07, 6.45) is -12.6. The predicted octanol–water partition coefficient (Wildman–Crippen LogP) is 10.8. The number of hydrogen-bond acceptors (Lipinski definition) is 8. The molecule has 7 nitrogen and oxygen atoms in total. The maximum Gasteiger partial charge on any atom is 0.460 e. The number of esters is 1. The molecule has 0 radical (unpaired) electrons. The Balaban J connectivity index is 2.13. The largest absolute Gasteiger partial charge is 0.464 e. The van der Waals surface area contributed by atoms with Crippen LogP contribution in [0.3, 0.4) is 0 Å². The van der Waals surface area contributed by atoms with Gasteiger partial charge >= 0.3 is 59.5 Å². The summed E-state index contributed by atoms with van der Waals surface area (Å²) in [7, 11) is 0. The molecule has 0 spiro atoms. The second-order valence-electron chi connectivity index (χ2n) is 10.5. The van der Waals surface area contributed by atoms with Gasteiger partial charge in [-0.05, 0) is 31.2 Å². The zero-order valence-corrected chi connectivity index (χ0v) is 27.5. The van der Waals surface area contributed by atoms with Gasteiger partial charge in [0.2, 0.25) is 5.13 Å². The zero-order chi connectivity index (χ0) is 42.1. The lowest BCUT2D eigenvalue weighted by molar-refractivity contribution is -0.468. The van der Waals surface area contributed by atoms with Crippen LogP contribution in [0.5, 0.6) is 0 Å². The molecule has 0 N–H and O–H groups in total. The van der Waals surface area contributed by atoms with Crippen LogP contribution in [0.1, 0.15) is 29.4 Å². The van der Waals surface area contributed by atoms with Gasteiger partial charge in [-0.2, -0.15) is 83.4 Å². The number of benzene rings is 1. The minimum atomic E-state index is -9.02. The number of nitrogens with zero attached hydrogens (tertiary/aromatic N) is 4. The molecule has 0 unspecified atom stereocenters. The van der Waals surface area contributed by atoms with Gasteiger partial charge in [0.15, 0.2) is 11.4 Å². The van der Waals surface area contributed by atoms with Crippen molar-refractivity contribution in [3.8, 4) is 0 Å². The Hall–Kier alpha value is -3.65. The van der Waals surface area contributed by atoms with Gasteiger partial charge < -0.3 is 9.64 Å². The average Bonchev–Trinajstić information content (AvgIpc) is 3.43. The third kappa shape index (κ3) is 8.15. The summed E-state index contributed by atoms with van der Waals surface area (Å²) >= 11 is 6.54. The van der Waals surface area contributed by atoms with Crippen molar-refractivity contribution in [2.45, 2.75) is 73.3 Å². The van der Waals surface area contributed by atoms with Crippen LogP contribution in [0.2, 0.25) is 5.15 Å². The SMILES string of the molecule is CCN(CCOC(=O)CCC(F)(F)C(F)(F)C(F)(F)C(F)(F)C(F)(F)C(F)(F)C(F)(F)C(F)(F)C(F)(F)F)c1ccc(N=Nc2nc(Cl)c(C=O)s2)cc1. The number of likely N-dealkylation sites (N-methyl/N-ethyl adjacent to an activating group) is 1. The number of aldehydes is 1. The molecule has 0 amide bonds. The van der Waals surface area contributed by atoms with Gasteiger partial charge in [0.05, 0.1) is 18.7 Å². The Morgan fingerprint density at radius 1 is 0.759 bits per heavy atom. The third-order valence-electron chi connectivity index (χ3n) is 7.00. The van der Waals surface area contributed by atoms with Crippen LogP contribution in [0, 0.1) is 0 Å². The monoisotopic (exact) mass is 862 g/mol. The highest BCUT2D eigenvalue weighted by molar-refractivity contribution is 7.17. The van der Waals surface area contributed by atoms with Crippen molar-refractivity contribution in [3.63, 3.8) is 0 Å². The molecular weight excluding hydrogens is 845 g/mol. The van der Waals surface area contributed by atoms with E-state index in [1.165, 1.54) is 36.1 Å². The van der Waals surface area contributed by atoms with E-state index in [0.29, 0.717) is 12.0 Å². The van der Waals surface area contributed by atoms with Gasteiger partial charge in [0.25, 0.3) is 0 Å². The van der Waals surface area contributed by atoms with Crippen LogP contribution >= 0.6 is 22.9 Å². The third-order valence-corrected chi connectivity index (χ3v) is 8.27. The molecule has 0 fully saturated rings. The average molecular weight is 863 g/mol. The Morgan fingerprint density at radius 3 is 1.65 bits per heavy atom. The van der Waals surface area contributed by atoms with Gasteiger partial charge in [-0.1, -0.05) is 22.9 Å². The van der Waals surface area contributed by atoms with Crippen molar-refractivity contribution >= 4 is 51.7 Å². The first-order chi connectivity index (χ1) is 24.2. The van der Waals surface area contributed by atoms with Crippen molar-refractivity contribution < 1.29 is 97.7 Å². The van der Waals surface area contributed by atoms with Crippen LogP contribution in [-0.2, 0) is 9.53 Å². The molecule has 28 heteroatoms. The normalized spacial score (nSPS) is 14.5. The van der Waals surface area contributed by atoms with E-state index in [1.54, 1.807) is 0 Å². The van der Waals surface area contributed by atoms with Crippen LogP contribution in [-0.4, -0.2) is 90.5 Å². The summed E-state index contributed by atoms with van der Waals surface area (Å²) in [6, 6.07) is 5.63. The van der Waals surface area contributed by atoms with Crippen LogP contribution < -0.4 is 4.90 Å². The first-order valence-corrected chi connectivity index (χ1v) is 15.0. The maximum absolute atomic E-state index is 14.1. The summed E-state index contributed by atoms with van der Waals surface area (Å²) in [6.45, 7) is 0.564. The lowest BCUT2D eigenvalue weighted by Crippen LogP contribution is -2.75. The molecule has 306 valence electrons. The predicted molar refractivity (Wildman–Crippen MR) is 147 cm³/mol. The number of aromatic nitrogens is 1. The summed E-state index contributed by atoms with van der Waals surface area (Å²) in [5.74, 6) is -69.5. The van der Waals surface area contributed by atoms with Crippen molar-refractivity contribution in [2.75, 3.05) is 24.6 Å². The van der Waals surface area contributed by atoms with Crippen molar-refractivity contribution in [1.82, 2.24) is 4.98 Å². The molecule has 0 aliphatic rings. The number of hydrogen-bond donors (Lipinski definition) is 0. The molecule has 54 heavy (non-hydrogen) atoms. The van der Waals surface area contributed by atoms with Crippen LogP contribution in [0.25, 0.3) is 0 Å². The summed E-state index contributed by atoms with van der Waals surface area (Å²) in [4.78, 5) is 28.0. The zero-order valence-electron chi connectivity index (χ0n) is 25.9. The van der Waals surface area contributed by atoms with E-state index in [2.05, 4.69) is 19.9 Å². The number of anilines is 1. The summed E-state index contributed by atoms with van der Waals surface area (Å²) in [5, 5.41) is 7.55. The topological polar surface area (TPSA) is 84.2 Å². The van der Waals surface area contributed by atoms with Gasteiger partial charge in [0.1, 0.15) is 11.5 Å². The lowest BCUT2D eigenvalue weighted by Gasteiger charge is -2.43. The lowest BCUT2D eigenvalue weighted by atomic mass is 9.86. The van der Waals surface area contributed by atoms with Gasteiger partial charge in [0, 0.05) is 18.7 Å². The molecule has 0 atom stereocenters.